The zero-order valence-corrected chi connectivity index (χ0v) is 14.7. The van der Waals surface area contributed by atoms with E-state index >= 15 is 0 Å². The van der Waals surface area contributed by atoms with Gasteiger partial charge < -0.3 is 11.1 Å². The van der Waals surface area contributed by atoms with Crippen LogP contribution < -0.4 is 11.1 Å². The summed E-state index contributed by atoms with van der Waals surface area (Å²) in [4.78, 5) is 28.1. The van der Waals surface area contributed by atoms with Crippen LogP contribution in [0.1, 0.15) is 16.9 Å². The van der Waals surface area contributed by atoms with E-state index in [9.17, 15) is 14.0 Å². The zero-order valence-electron chi connectivity index (χ0n) is 13.1. The Morgan fingerprint density at radius 1 is 1.32 bits per heavy atom. The van der Waals surface area contributed by atoms with Crippen molar-refractivity contribution in [3.63, 3.8) is 0 Å². The molecule has 8 heteroatoms. The monoisotopic (exact) mass is 379 g/mol. The molecule has 0 saturated carbocycles. The van der Waals surface area contributed by atoms with E-state index in [0.29, 0.717) is 22.8 Å². The van der Waals surface area contributed by atoms with Crippen LogP contribution in [0.25, 0.3) is 11.3 Å². The molecular formula is C17H15ClFN3O2S. The normalized spacial score (nSPS) is 15.3. The van der Waals surface area contributed by atoms with Crippen molar-refractivity contribution < 1.29 is 14.0 Å². The summed E-state index contributed by atoms with van der Waals surface area (Å²) in [5.74, 6) is -0.0841. The maximum absolute atomic E-state index is 13.3. The largest absolute Gasteiger partial charge is 0.370 e. The first kappa shape index (κ1) is 17.7. The molecule has 2 aromatic rings. The highest BCUT2D eigenvalue weighted by molar-refractivity contribution is 8.00. The highest BCUT2D eigenvalue weighted by atomic mass is 35.5. The van der Waals surface area contributed by atoms with Gasteiger partial charge in [0.05, 0.1) is 22.7 Å². The smallest absolute Gasteiger partial charge is 0.270 e. The summed E-state index contributed by atoms with van der Waals surface area (Å²) in [5.41, 5.74) is 5.98. The number of pyridine rings is 1. The fourth-order valence-electron chi connectivity index (χ4n) is 2.58. The van der Waals surface area contributed by atoms with Gasteiger partial charge in [0.2, 0.25) is 5.91 Å². The predicted molar refractivity (Wildman–Crippen MR) is 96.0 cm³/mol. The van der Waals surface area contributed by atoms with Crippen molar-refractivity contribution in [1.82, 2.24) is 10.3 Å². The van der Waals surface area contributed by atoms with E-state index in [-0.39, 0.29) is 23.0 Å². The average molecular weight is 380 g/mol. The predicted octanol–water partition coefficient (Wildman–Crippen LogP) is 2.63. The minimum absolute atomic E-state index is 0.0129. The van der Waals surface area contributed by atoms with E-state index in [1.165, 1.54) is 12.1 Å². The molecule has 1 fully saturated rings. The molecule has 2 amide bonds. The van der Waals surface area contributed by atoms with Gasteiger partial charge >= 0.3 is 0 Å². The van der Waals surface area contributed by atoms with E-state index in [1.54, 1.807) is 36.0 Å². The van der Waals surface area contributed by atoms with Crippen LogP contribution in [-0.4, -0.2) is 33.8 Å². The summed E-state index contributed by atoms with van der Waals surface area (Å²) in [5, 5.41) is 2.85. The number of nitrogens with two attached hydrogens (primary N) is 1. The molecular weight excluding hydrogens is 365 g/mol. The van der Waals surface area contributed by atoms with Crippen LogP contribution in [-0.2, 0) is 4.79 Å². The van der Waals surface area contributed by atoms with Gasteiger partial charge in [-0.15, -0.1) is 0 Å². The second kappa shape index (κ2) is 7.01. The van der Waals surface area contributed by atoms with Crippen molar-refractivity contribution >= 4 is 35.2 Å². The van der Waals surface area contributed by atoms with Crippen LogP contribution >= 0.6 is 23.4 Å². The standard InChI is InChI=1S/C17H15ClFN3O2S/c18-11-6-10(4-5-12(11)19)13-2-1-3-14(21-13)16(24)22-17(7-15(20)23)8-25-9-17/h1-6H,7-9H2,(H2,20,23)(H,22,24). The third-order valence-corrected chi connectivity index (χ3v) is 5.65. The lowest BCUT2D eigenvalue weighted by atomic mass is 9.98. The summed E-state index contributed by atoms with van der Waals surface area (Å²) in [6.45, 7) is 0. The quantitative estimate of drug-likeness (QED) is 0.836. The van der Waals surface area contributed by atoms with Gasteiger partial charge in [-0.3, -0.25) is 9.59 Å². The number of primary amides is 1. The van der Waals surface area contributed by atoms with Crippen molar-refractivity contribution in [1.29, 1.82) is 0 Å². The van der Waals surface area contributed by atoms with Crippen LogP contribution in [0, 0.1) is 5.82 Å². The van der Waals surface area contributed by atoms with Crippen LogP contribution in [0.4, 0.5) is 4.39 Å². The van der Waals surface area contributed by atoms with Gasteiger partial charge in [0.1, 0.15) is 11.5 Å². The van der Waals surface area contributed by atoms with Crippen LogP contribution in [0.5, 0.6) is 0 Å². The average Bonchev–Trinajstić information content (AvgIpc) is 2.55. The number of carbonyl (C=O) groups excluding carboxylic acids is 2. The Morgan fingerprint density at radius 2 is 2.08 bits per heavy atom. The summed E-state index contributed by atoms with van der Waals surface area (Å²) in [7, 11) is 0. The Morgan fingerprint density at radius 3 is 2.68 bits per heavy atom. The Balaban J connectivity index is 1.82. The Hall–Kier alpha value is -2.12. The zero-order chi connectivity index (χ0) is 18.0. The van der Waals surface area contributed by atoms with E-state index < -0.39 is 17.3 Å². The maximum atomic E-state index is 13.3. The number of thioether (sulfide) groups is 1. The first-order valence-electron chi connectivity index (χ1n) is 7.50. The van der Waals surface area contributed by atoms with E-state index in [1.807, 2.05) is 0 Å². The topological polar surface area (TPSA) is 85.1 Å². The molecule has 0 aliphatic carbocycles. The van der Waals surface area contributed by atoms with Gasteiger partial charge in [0, 0.05) is 17.1 Å². The van der Waals surface area contributed by atoms with Crippen molar-refractivity contribution in [2.75, 3.05) is 11.5 Å². The molecule has 3 N–H and O–H groups in total. The molecule has 25 heavy (non-hydrogen) atoms. The molecule has 1 saturated heterocycles. The number of nitrogens with one attached hydrogen (secondary N) is 1. The van der Waals surface area contributed by atoms with Crippen LogP contribution in [0.2, 0.25) is 5.02 Å². The Labute approximate surface area is 153 Å². The summed E-state index contributed by atoms with van der Waals surface area (Å²) in [6, 6.07) is 9.22. The first-order valence-corrected chi connectivity index (χ1v) is 9.03. The molecule has 130 valence electrons. The number of hydrogen-bond acceptors (Lipinski definition) is 4. The van der Waals surface area contributed by atoms with E-state index in [2.05, 4.69) is 10.3 Å². The lowest BCUT2D eigenvalue weighted by molar-refractivity contribution is -0.119. The molecule has 1 aromatic heterocycles. The fourth-order valence-corrected chi connectivity index (χ4v) is 3.81. The highest BCUT2D eigenvalue weighted by Gasteiger charge is 2.41. The van der Waals surface area contributed by atoms with Gasteiger partial charge in [-0.2, -0.15) is 11.8 Å². The molecule has 0 unspecified atom stereocenters. The van der Waals surface area contributed by atoms with Crippen LogP contribution in [0.15, 0.2) is 36.4 Å². The second-order valence-corrected chi connectivity index (χ2v) is 7.30. The molecule has 2 heterocycles. The van der Waals surface area contributed by atoms with Crippen molar-refractivity contribution in [3.8, 4) is 11.3 Å². The van der Waals surface area contributed by atoms with Crippen molar-refractivity contribution in [2.24, 2.45) is 5.73 Å². The number of hydrogen-bond donors (Lipinski definition) is 2. The molecule has 0 radical (unpaired) electrons. The number of halogens is 2. The molecule has 0 spiro atoms. The van der Waals surface area contributed by atoms with Gasteiger partial charge in [0.25, 0.3) is 5.91 Å². The van der Waals surface area contributed by atoms with E-state index in [0.717, 1.165) is 0 Å². The summed E-state index contributed by atoms with van der Waals surface area (Å²) in [6.07, 6.45) is 0.0962. The van der Waals surface area contributed by atoms with Crippen molar-refractivity contribution in [3.05, 3.63) is 52.9 Å². The van der Waals surface area contributed by atoms with Gasteiger partial charge in [-0.05, 0) is 30.3 Å². The Kier molecular flexibility index (Phi) is 4.96. The highest BCUT2D eigenvalue weighted by Crippen LogP contribution is 2.32. The first-order chi connectivity index (χ1) is 11.9. The minimum Gasteiger partial charge on any atom is -0.370 e. The fraction of sp³-hybridized carbons (Fsp3) is 0.235. The molecule has 5 nitrogen and oxygen atoms in total. The Bertz CT molecular complexity index is 842. The molecule has 0 atom stereocenters. The van der Waals surface area contributed by atoms with Crippen molar-refractivity contribution in [2.45, 2.75) is 12.0 Å². The minimum atomic E-state index is -0.607. The lowest BCUT2D eigenvalue weighted by Crippen LogP contribution is -2.59. The molecule has 0 bridgehead atoms. The van der Waals surface area contributed by atoms with Gasteiger partial charge in [-0.25, -0.2) is 9.37 Å². The summed E-state index contributed by atoms with van der Waals surface area (Å²) >= 11 is 7.43. The molecule has 1 aliphatic heterocycles. The van der Waals surface area contributed by atoms with E-state index in [4.69, 9.17) is 17.3 Å². The summed E-state index contributed by atoms with van der Waals surface area (Å²) < 4.78 is 13.3. The number of amides is 2. The SMILES string of the molecule is NC(=O)CC1(NC(=O)c2cccc(-c3ccc(F)c(Cl)c3)n2)CSC1. The molecule has 3 rings (SSSR count). The number of carbonyl (C=O) groups is 2. The second-order valence-electron chi connectivity index (χ2n) is 5.91. The number of rotatable bonds is 5. The third kappa shape index (κ3) is 3.93. The molecule has 1 aliphatic rings. The van der Waals surface area contributed by atoms with Gasteiger partial charge in [-0.1, -0.05) is 17.7 Å². The third-order valence-electron chi connectivity index (χ3n) is 3.85. The maximum Gasteiger partial charge on any atom is 0.270 e. The lowest BCUT2D eigenvalue weighted by Gasteiger charge is -2.40. The molecule has 1 aromatic carbocycles. The van der Waals surface area contributed by atoms with Crippen LogP contribution in [0.3, 0.4) is 0 Å². The number of benzene rings is 1. The number of nitrogens with zero attached hydrogens (tertiary/aromatic N) is 1. The van der Waals surface area contributed by atoms with Gasteiger partial charge in [0.15, 0.2) is 0 Å². The number of aromatic nitrogens is 1.